The van der Waals surface area contributed by atoms with Gasteiger partial charge in [-0.3, -0.25) is 4.79 Å². The van der Waals surface area contributed by atoms with Crippen molar-refractivity contribution < 1.29 is 28.5 Å². The lowest BCUT2D eigenvalue weighted by Gasteiger charge is -2.14. The number of nitrogens with one attached hydrogen (secondary N) is 1. The van der Waals surface area contributed by atoms with E-state index in [4.69, 9.17) is 10.8 Å². The van der Waals surface area contributed by atoms with Gasteiger partial charge in [0.2, 0.25) is 0 Å². The van der Waals surface area contributed by atoms with Crippen LogP contribution >= 0.6 is 0 Å². The highest BCUT2D eigenvalue weighted by Crippen LogP contribution is 2.35. The van der Waals surface area contributed by atoms with E-state index in [1.165, 1.54) is 18.2 Å². The number of aromatic hydroxyl groups is 1. The summed E-state index contributed by atoms with van der Waals surface area (Å²) in [5.74, 6) is -0.627. The first-order chi connectivity index (χ1) is 14.9. The maximum absolute atomic E-state index is 12.9. The van der Waals surface area contributed by atoms with Crippen molar-refractivity contribution in [3.8, 4) is 33.9 Å². The molecule has 0 saturated carbocycles. The standard InChI is InChI=1S/C22H21F2N3O4/c23-22(24)31-19-5-2-1-4-15(19)14-11-17(27-20(12-14)26-8-3-9-28)13-6-7-18(29)16(10-13)21(25)30/h1-2,4-7,10-12,22,28-29H,3,8-9H2,(H2,25,30)(H,26,27). The molecule has 0 aliphatic heterocycles. The summed E-state index contributed by atoms with van der Waals surface area (Å²) >= 11 is 0. The summed E-state index contributed by atoms with van der Waals surface area (Å²) in [7, 11) is 0. The summed E-state index contributed by atoms with van der Waals surface area (Å²) in [6.07, 6.45) is 0.483. The molecule has 0 radical (unpaired) electrons. The molecule has 3 aromatic rings. The molecule has 31 heavy (non-hydrogen) atoms. The first kappa shape index (κ1) is 22.0. The molecule has 5 N–H and O–H groups in total. The average Bonchev–Trinajstić information content (AvgIpc) is 2.74. The van der Waals surface area contributed by atoms with Crippen molar-refractivity contribution in [2.75, 3.05) is 18.5 Å². The van der Waals surface area contributed by atoms with Crippen molar-refractivity contribution >= 4 is 11.7 Å². The number of anilines is 1. The fourth-order valence-corrected chi connectivity index (χ4v) is 3.02. The summed E-state index contributed by atoms with van der Waals surface area (Å²) in [6, 6.07) is 14.0. The molecule has 7 nitrogen and oxygen atoms in total. The van der Waals surface area contributed by atoms with E-state index in [0.717, 1.165) is 0 Å². The number of nitrogens with two attached hydrogens (primary N) is 1. The van der Waals surface area contributed by atoms with E-state index in [1.54, 1.807) is 36.4 Å². The second-order valence-electron chi connectivity index (χ2n) is 6.60. The Morgan fingerprint density at radius 2 is 1.90 bits per heavy atom. The molecule has 1 aromatic heterocycles. The number of phenols is 1. The number of benzene rings is 2. The number of hydrogen-bond acceptors (Lipinski definition) is 6. The number of amides is 1. The topological polar surface area (TPSA) is 118 Å². The van der Waals surface area contributed by atoms with Crippen molar-refractivity contribution in [2.24, 2.45) is 5.73 Å². The summed E-state index contributed by atoms with van der Waals surface area (Å²) in [5, 5.41) is 22.0. The maximum atomic E-state index is 12.9. The second kappa shape index (κ2) is 9.86. The summed E-state index contributed by atoms with van der Waals surface area (Å²) in [6.45, 7) is -2.56. The molecule has 0 aliphatic rings. The van der Waals surface area contributed by atoms with Crippen molar-refractivity contribution in [3.63, 3.8) is 0 Å². The number of alkyl halides is 2. The molecule has 0 atom stereocenters. The van der Waals surface area contributed by atoms with Crippen molar-refractivity contribution in [2.45, 2.75) is 13.0 Å². The first-order valence-electron chi connectivity index (χ1n) is 9.43. The van der Waals surface area contributed by atoms with Gasteiger partial charge >= 0.3 is 6.61 Å². The molecule has 0 aliphatic carbocycles. The third-order valence-electron chi connectivity index (χ3n) is 4.44. The normalized spacial score (nSPS) is 10.8. The number of aliphatic hydroxyl groups is 1. The lowest BCUT2D eigenvalue weighted by atomic mass is 10.0. The van der Waals surface area contributed by atoms with Crippen LogP contribution < -0.4 is 15.8 Å². The molecule has 0 unspecified atom stereocenters. The molecule has 0 fully saturated rings. The van der Waals surface area contributed by atoms with Gasteiger partial charge in [-0.15, -0.1) is 0 Å². The Balaban J connectivity index is 2.12. The Bertz CT molecular complexity index is 1080. The number of ether oxygens (including phenoxy) is 1. The first-order valence-corrected chi connectivity index (χ1v) is 9.43. The highest BCUT2D eigenvalue weighted by Gasteiger charge is 2.15. The van der Waals surface area contributed by atoms with E-state index in [1.807, 2.05) is 0 Å². The van der Waals surface area contributed by atoms with Gasteiger partial charge in [0, 0.05) is 24.3 Å². The van der Waals surface area contributed by atoms with Gasteiger partial charge < -0.3 is 26.0 Å². The minimum absolute atomic E-state index is 0.000473. The molecule has 0 spiro atoms. The van der Waals surface area contributed by atoms with E-state index >= 15 is 0 Å². The molecule has 3 rings (SSSR count). The minimum Gasteiger partial charge on any atom is -0.507 e. The van der Waals surface area contributed by atoms with Gasteiger partial charge in [0.15, 0.2) is 0 Å². The Hall–Kier alpha value is -3.72. The lowest BCUT2D eigenvalue weighted by Crippen LogP contribution is -2.11. The highest BCUT2D eigenvalue weighted by atomic mass is 19.3. The van der Waals surface area contributed by atoms with Crippen LogP contribution in [0.1, 0.15) is 16.8 Å². The Labute approximate surface area is 177 Å². The monoisotopic (exact) mass is 429 g/mol. The van der Waals surface area contributed by atoms with Crippen LogP contribution in [0.3, 0.4) is 0 Å². The van der Waals surface area contributed by atoms with Crippen LogP contribution in [0.2, 0.25) is 0 Å². The summed E-state index contributed by atoms with van der Waals surface area (Å²) in [5.41, 5.74) is 7.12. The van der Waals surface area contributed by atoms with Crippen molar-refractivity contribution in [3.05, 3.63) is 60.2 Å². The minimum atomic E-state index is -2.99. The average molecular weight is 429 g/mol. The maximum Gasteiger partial charge on any atom is 0.387 e. The predicted octanol–water partition coefficient (Wildman–Crippen LogP) is 3.62. The zero-order valence-corrected chi connectivity index (χ0v) is 16.4. The number of aromatic nitrogens is 1. The van der Waals surface area contributed by atoms with Crippen LogP contribution in [0.5, 0.6) is 11.5 Å². The van der Waals surface area contributed by atoms with Gasteiger partial charge in [0.05, 0.1) is 11.3 Å². The number of halogens is 2. The van der Waals surface area contributed by atoms with Gasteiger partial charge in [-0.05, 0) is 48.4 Å². The molecule has 0 saturated heterocycles. The van der Waals surface area contributed by atoms with Gasteiger partial charge in [0.25, 0.3) is 5.91 Å². The van der Waals surface area contributed by atoms with E-state index in [0.29, 0.717) is 41.2 Å². The third kappa shape index (κ3) is 5.46. The summed E-state index contributed by atoms with van der Waals surface area (Å²) < 4.78 is 30.4. The fraction of sp³-hybridized carbons (Fsp3) is 0.182. The Morgan fingerprint density at radius 1 is 1.13 bits per heavy atom. The largest absolute Gasteiger partial charge is 0.507 e. The van der Waals surface area contributed by atoms with Crippen LogP contribution in [0, 0.1) is 0 Å². The van der Waals surface area contributed by atoms with E-state index < -0.39 is 12.5 Å². The number of hydrogen-bond donors (Lipinski definition) is 4. The zero-order valence-electron chi connectivity index (χ0n) is 16.4. The van der Waals surface area contributed by atoms with Crippen LogP contribution in [-0.4, -0.2) is 40.9 Å². The number of aliphatic hydroxyl groups excluding tert-OH is 1. The van der Waals surface area contributed by atoms with Crippen LogP contribution in [0.25, 0.3) is 22.4 Å². The molecule has 2 aromatic carbocycles. The number of para-hydroxylation sites is 1. The molecule has 0 bridgehead atoms. The molecular formula is C22H21F2N3O4. The van der Waals surface area contributed by atoms with Crippen LogP contribution in [-0.2, 0) is 0 Å². The number of carbonyl (C=O) groups is 1. The van der Waals surface area contributed by atoms with Gasteiger partial charge in [-0.2, -0.15) is 8.78 Å². The SMILES string of the molecule is NC(=O)c1cc(-c2cc(-c3ccccc3OC(F)F)cc(NCCCO)n2)ccc1O. The Morgan fingerprint density at radius 3 is 2.61 bits per heavy atom. The lowest BCUT2D eigenvalue weighted by molar-refractivity contribution is -0.0494. The molecular weight excluding hydrogens is 408 g/mol. The number of nitrogens with zero attached hydrogens (tertiary/aromatic N) is 1. The molecule has 9 heteroatoms. The van der Waals surface area contributed by atoms with E-state index in [-0.39, 0.29) is 23.7 Å². The predicted molar refractivity (Wildman–Crippen MR) is 112 cm³/mol. The van der Waals surface area contributed by atoms with Gasteiger partial charge in [-0.25, -0.2) is 4.98 Å². The molecule has 162 valence electrons. The summed E-state index contributed by atoms with van der Waals surface area (Å²) in [4.78, 5) is 16.1. The quantitative estimate of drug-likeness (QED) is 0.386. The molecule has 1 amide bonds. The number of rotatable bonds is 9. The molecule has 1 heterocycles. The smallest absolute Gasteiger partial charge is 0.387 e. The zero-order chi connectivity index (χ0) is 22.4. The van der Waals surface area contributed by atoms with E-state index in [2.05, 4.69) is 15.0 Å². The highest BCUT2D eigenvalue weighted by molar-refractivity contribution is 5.97. The van der Waals surface area contributed by atoms with Crippen molar-refractivity contribution in [1.82, 2.24) is 4.98 Å². The van der Waals surface area contributed by atoms with E-state index in [9.17, 15) is 18.7 Å². The second-order valence-corrected chi connectivity index (χ2v) is 6.60. The number of carbonyl (C=O) groups excluding carboxylic acids is 1. The van der Waals surface area contributed by atoms with Gasteiger partial charge in [-0.1, -0.05) is 18.2 Å². The Kier molecular flexibility index (Phi) is 6.99. The van der Waals surface area contributed by atoms with Crippen molar-refractivity contribution in [1.29, 1.82) is 0 Å². The number of primary amides is 1. The third-order valence-corrected chi connectivity index (χ3v) is 4.44. The van der Waals surface area contributed by atoms with Crippen LogP contribution in [0.15, 0.2) is 54.6 Å². The van der Waals surface area contributed by atoms with Gasteiger partial charge in [0.1, 0.15) is 17.3 Å². The number of pyridine rings is 1. The fourth-order valence-electron chi connectivity index (χ4n) is 3.02. The van der Waals surface area contributed by atoms with Crippen LogP contribution in [0.4, 0.5) is 14.6 Å².